The molecule has 0 saturated carbocycles. The van der Waals surface area contributed by atoms with Crippen LogP contribution in [0, 0.1) is 11.8 Å². The minimum absolute atomic E-state index is 0.159. The number of carbonyl (C=O) groups is 1. The van der Waals surface area contributed by atoms with Gasteiger partial charge in [-0.1, -0.05) is 36.3 Å². The highest BCUT2D eigenvalue weighted by Gasteiger charge is 2.26. The molecule has 138 valence electrons. The van der Waals surface area contributed by atoms with E-state index in [0.29, 0.717) is 5.56 Å². The minimum Gasteiger partial charge on any atom is -0.443 e. The molecule has 4 aromatic rings. The van der Waals surface area contributed by atoms with Crippen LogP contribution in [0.2, 0.25) is 0 Å². The SMILES string of the molecule is CC#CC(C)(C)OC(=O)c1ccc2c(c1)c1ccccc1[s+]2-c1ccccc1. The van der Waals surface area contributed by atoms with Crippen molar-refractivity contribution in [3.8, 4) is 16.7 Å². The molecule has 0 spiro atoms. The number of esters is 1. The van der Waals surface area contributed by atoms with Crippen LogP contribution in [0.3, 0.4) is 0 Å². The Morgan fingerprint density at radius 3 is 2.32 bits per heavy atom. The van der Waals surface area contributed by atoms with Crippen LogP contribution in [0.25, 0.3) is 25.1 Å². The second-order valence-corrected chi connectivity index (χ2v) is 9.06. The van der Waals surface area contributed by atoms with Crippen molar-refractivity contribution in [1.29, 1.82) is 0 Å². The van der Waals surface area contributed by atoms with Crippen molar-refractivity contribution in [2.75, 3.05) is 0 Å². The normalized spacial score (nSPS) is 11.9. The molecule has 0 radical (unpaired) electrons. The zero-order valence-corrected chi connectivity index (χ0v) is 17.0. The number of thiophene rings is 1. The van der Waals surface area contributed by atoms with Gasteiger partial charge in [0.1, 0.15) is 0 Å². The lowest BCUT2D eigenvalue weighted by atomic mass is 10.1. The Hall–Kier alpha value is -3.09. The van der Waals surface area contributed by atoms with Crippen LogP contribution >= 0.6 is 10.5 Å². The van der Waals surface area contributed by atoms with Gasteiger partial charge in [-0.05, 0) is 63.2 Å². The first kappa shape index (κ1) is 18.3. The highest BCUT2D eigenvalue weighted by Crippen LogP contribution is 2.48. The molecule has 0 amide bonds. The number of benzene rings is 3. The van der Waals surface area contributed by atoms with Crippen LogP contribution in [0.15, 0.2) is 72.8 Å². The van der Waals surface area contributed by atoms with Gasteiger partial charge in [-0.2, -0.15) is 0 Å². The van der Waals surface area contributed by atoms with Gasteiger partial charge in [0, 0.05) is 21.2 Å². The average molecular weight is 386 g/mol. The number of fused-ring (bicyclic) bond motifs is 3. The van der Waals surface area contributed by atoms with Crippen molar-refractivity contribution in [2.24, 2.45) is 0 Å². The third kappa shape index (κ3) is 3.28. The molecule has 4 rings (SSSR count). The van der Waals surface area contributed by atoms with Crippen molar-refractivity contribution in [1.82, 2.24) is 0 Å². The van der Waals surface area contributed by atoms with Crippen LogP contribution in [0.4, 0.5) is 0 Å². The van der Waals surface area contributed by atoms with Gasteiger partial charge in [-0.15, -0.1) is 5.92 Å². The Morgan fingerprint density at radius 1 is 0.893 bits per heavy atom. The maximum absolute atomic E-state index is 12.7. The predicted octanol–water partition coefficient (Wildman–Crippen LogP) is 6.69. The maximum Gasteiger partial charge on any atom is 0.339 e. The van der Waals surface area contributed by atoms with Crippen LogP contribution in [0.5, 0.6) is 0 Å². The highest BCUT2D eigenvalue weighted by atomic mass is 32.2. The average Bonchev–Trinajstić information content (AvgIpc) is 3.02. The lowest BCUT2D eigenvalue weighted by Crippen LogP contribution is -2.26. The second kappa shape index (κ2) is 7.14. The Morgan fingerprint density at radius 2 is 1.57 bits per heavy atom. The summed E-state index contributed by atoms with van der Waals surface area (Å²) in [5, 5.41) is 2.29. The number of carbonyl (C=O) groups excluding carboxylic acids is 1. The molecule has 0 aliphatic rings. The maximum atomic E-state index is 12.7. The molecule has 0 bridgehead atoms. The van der Waals surface area contributed by atoms with E-state index in [9.17, 15) is 4.79 Å². The third-order valence-electron chi connectivity index (χ3n) is 4.59. The van der Waals surface area contributed by atoms with E-state index in [1.54, 1.807) is 20.8 Å². The molecule has 0 aliphatic carbocycles. The van der Waals surface area contributed by atoms with Gasteiger partial charge in [0.25, 0.3) is 0 Å². The number of ether oxygens (including phenoxy) is 1. The van der Waals surface area contributed by atoms with Crippen molar-refractivity contribution >= 4 is 36.6 Å². The third-order valence-corrected chi connectivity index (χ3v) is 6.92. The van der Waals surface area contributed by atoms with Crippen LogP contribution in [-0.4, -0.2) is 11.6 Å². The van der Waals surface area contributed by atoms with E-state index in [2.05, 4.69) is 60.4 Å². The Kier molecular flexibility index (Phi) is 4.66. The van der Waals surface area contributed by atoms with Gasteiger partial charge in [-0.3, -0.25) is 0 Å². The summed E-state index contributed by atoms with van der Waals surface area (Å²) in [6.07, 6.45) is 0. The van der Waals surface area contributed by atoms with Gasteiger partial charge >= 0.3 is 5.97 Å². The molecule has 2 nitrogen and oxygen atoms in total. The number of rotatable bonds is 3. The van der Waals surface area contributed by atoms with Crippen LogP contribution in [-0.2, 0) is 4.74 Å². The summed E-state index contributed by atoms with van der Waals surface area (Å²) in [4.78, 5) is 14.0. The number of hydrogen-bond acceptors (Lipinski definition) is 2. The van der Waals surface area contributed by atoms with E-state index in [0.717, 1.165) is 5.39 Å². The van der Waals surface area contributed by atoms with E-state index < -0.39 is 5.60 Å². The van der Waals surface area contributed by atoms with Crippen LogP contribution < -0.4 is 0 Å². The fraction of sp³-hybridized carbons (Fsp3) is 0.160. The Bertz CT molecular complexity index is 1240. The minimum atomic E-state index is -0.808. The molecular weight excluding hydrogens is 364 g/mol. The van der Waals surface area contributed by atoms with Gasteiger partial charge in [0.15, 0.2) is 19.9 Å². The molecule has 3 aromatic carbocycles. The zero-order valence-electron chi connectivity index (χ0n) is 16.2. The van der Waals surface area contributed by atoms with Crippen molar-refractivity contribution in [2.45, 2.75) is 26.4 Å². The van der Waals surface area contributed by atoms with Crippen molar-refractivity contribution in [3.05, 3.63) is 78.4 Å². The summed E-state index contributed by atoms with van der Waals surface area (Å²) in [6, 6.07) is 24.9. The molecule has 28 heavy (non-hydrogen) atoms. The summed E-state index contributed by atoms with van der Waals surface area (Å²) in [5.74, 6) is 5.40. The fourth-order valence-electron chi connectivity index (χ4n) is 3.46. The van der Waals surface area contributed by atoms with E-state index in [1.807, 2.05) is 24.3 Å². The molecule has 1 atom stereocenters. The summed E-state index contributed by atoms with van der Waals surface area (Å²) in [7, 11) is -0.159. The van der Waals surface area contributed by atoms with Gasteiger partial charge in [-0.25, -0.2) is 4.79 Å². The number of hydrogen-bond donors (Lipinski definition) is 0. The standard InChI is InChI=1S/C25H21O2S/c1-4-16-25(2,3)27-24(26)18-14-15-23-21(17-18)20-12-8-9-13-22(20)28(23)19-10-6-5-7-11-19/h5-15,17H,1-3H3/q+1. The lowest BCUT2D eigenvalue weighted by molar-refractivity contribution is 0.0204. The largest absolute Gasteiger partial charge is 0.443 e. The monoisotopic (exact) mass is 385 g/mol. The first-order valence-corrected chi connectivity index (χ1v) is 10.4. The Balaban J connectivity index is 1.88. The molecule has 3 heteroatoms. The molecule has 1 unspecified atom stereocenters. The topological polar surface area (TPSA) is 26.3 Å². The van der Waals surface area contributed by atoms with Crippen molar-refractivity contribution in [3.63, 3.8) is 0 Å². The molecule has 1 heterocycles. The highest BCUT2D eigenvalue weighted by molar-refractivity contribution is 7.50. The summed E-state index contributed by atoms with van der Waals surface area (Å²) < 4.78 is 8.16. The molecule has 1 aromatic heterocycles. The zero-order chi connectivity index (χ0) is 19.7. The lowest BCUT2D eigenvalue weighted by Gasteiger charge is -2.18. The molecular formula is C25H21O2S+. The van der Waals surface area contributed by atoms with Gasteiger partial charge in [0.2, 0.25) is 0 Å². The quantitative estimate of drug-likeness (QED) is 0.223. The molecule has 0 aliphatic heterocycles. The molecule has 0 N–H and O–H groups in total. The molecule has 0 fully saturated rings. The van der Waals surface area contributed by atoms with E-state index >= 15 is 0 Å². The predicted molar refractivity (Wildman–Crippen MR) is 118 cm³/mol. The van der Waals surface area contributed by atoms with E-state index in [4.69, 9.17) is 4.74 Å². The second-order valence-electron chi connectivity index (χ2n) is 7.10. The summed E-state index contributed by atoms with van der Waals surface area (Å²) in [6.45, 7) is 5.35. The van der Waals surface area contributed by atoms with Crippen LogP contribution in [0.1, 0.15) is 31.1 Å². The summed E-state index contributed by atoms with van der Waals surface area (Å²) >= 11 is 0. The Labute approximate surface area is 167 Å². The van der Waals surface area contributed by atoms with E-state index in [-0.39, 0.29) is 16.4 Å². The van der Waals surface area contributed by atoms with Crippen molar-refractivity contribution < 1.29 is 9.53 Å². The first-order chi connectivity index (χ1) is 13.5. The van der Waals surface area contributed by atoms with E-state index in [1.165, 1.54) is 19.7 Å². The van der Waals surface area contributed by atoms with Gasteiger partial charge < -0.3 is 4.74 Å². The first-order valence-electron chi connectivity index (χ1n) is 9.20. The summed E-state index contributed by atoms with van der Waals surface area (Å²) in [5.41, 5.74) is -0.255. The van der Waals surface area contributed by atoms with Gasteiger partial charge in [0.05, 0.1) is 5.56 Å². The molecule has 0 saturated heterocycles. The smallest absolute Gasteiger partial charge is 0.339 e. The fourth-order valence-corrected chi connectivity index (χ4v) is 5.84.